The van der Waals surface area contributed by atoms with Gasteiger partial charge in [-0.3, -0.25) is 0 Å². The van der Waals surface area contributed by atoms with Crippen LogP contribution in [-0.2, 0) is 4.74 Å². The Hall–Kier alpha value is -1.13. The molecule has 0 saturated carbocycles. The first-order chi connectivity index (χ1) is 7.85. The Kier molecular flexibility index (Phi) is 4.48. The molecule has 0 aliphatic heterocycles. The van der Waals surface area contributed by atoms with Crippen molar-refractivity contribution in [1.29, 1.82) is 0 Å². The van der Waals surface area contributed by atoms with E-state index in [9.17, 15) is 0 Å². The number of nitrogens with two attached hydrogens (primary N) is 1. The SMILES string of the molecule is COCC(C)(C)Nc1cc(C)ccc1C(N)=S. The van der Waals surface area contributed by atoms with Crippen molar-refractivity contribution in [1.82, 2.24) is 0 Å². The van der Waals surface area contributed by atoms with E-state index in [1.807, 2.05) is 25.1 Å². The van der Waals surface area contributed by atoms with Crippen LogP contribution in [0.1, 0.15) is 25.0 Å². The number of rotatable bonds is 5. The number of methoxy groups -OCH3 is 1. The minimum atomic E-state index is -0.165. The van der Waals surface area contributed by atoms with Crippen LogP contribution in [0, 0.1) is 6.92 Å². The molecule has 3 nitrogen and oxygen atoms in total. The highest BCUT2D eigenvalue weighted by atomic mass is 32.1. The zero-order chi connectivity index (χ0) is 13.1. The van der Waals surface area contributed by atoms with E-state index in [1.54, 1.807) is 7.11 Å². The molecule has 0 amide bonds. The number of benzene rings is 1. The van der Waals surface area contributed by atoms with Crippen LogP contribution >= 0.6 is 12.2 Å². The largest absolute Gasteiger partial charge is 0.389 e. The van der Waals surface area contributed by atoms with E-state index in [1.165, 1.54) is 5.56 Å². The van der Waals surface area contributed by atoms with Gasteiger partial charge in [0.1, 0.15) is 4.99 Å². The molecule has 0 aliphatic carbocycles. The predicted octanol–water partition coefficient (Wildman–Crippen LogP) is 2.47. The van der Waals surface area contributed by atoms with Gasteiger partial charge in [-0.15, -0.1) is 0 Å². The summed E-state index contributed by atoms with van der Waals surface area (Å²) in [5.74, 6) is 0. The summed E-state index contributed by atoms with van der Waals surface area (Å²) in [5, 5.41) is 3.42. The zero-order valence-electron chi connectivity index (χ0n) is 10.8. The second kappa shape index (κ2) is 5.47. The Bertz CT molecular complexity index is 416. The highest BCUT2D eigenvalue weighted by Gasteiger charge is 2.19. The lowest BCUT2D eigenvalue weighted by molar-refractivity contribution is 0.158. The number of ether oxygens (including phenoxy) is 1. The van der Waals surface area contributed by atoms with Gasteiger partial charge in [0, 0.05) is 18.4 Å². The van der Waals surface area contributed by atoms with Crippen LogP contribution in [0.3, 0.4) is 0 Å². The summed E-state index contributed by atoms with van der Waals surface area (Å²) in [7, 11) is 1.69. The number of aryl methyl sites for hydroxylation is 1. The molecule has 0 unspecified atom stereocenters. The van der Waals surface area contributed by atoms with Crippen LogP contribution in [0.5, 0.6) is 0 Å². The van der Waals surface area contributed by atoms with Gasteiger partial charge in [-0.2, -0.15) is 0 Å². The number of thiocarbonyl (C=S) groups is 1. The molecular formula is C13H20N2OS. The summed E-state index contributed by atoms with van der Waals surface area (Å²) < 4.78 is 5.18. The Balaban J connectivity index is 3.04. The Morgan fingerprint density at radius 3 is 2.65 bits per heavy atom. The molecule has 0 radical (unpaired) electrons. The molecule has 1 aromatic carbocycles. The van der Waals surface area contributed by atoms with Gasteiger partial charge in [-0.1, -0.05) is 18.3 Å². The van der Waals surface area contributed by atoms with E-state index in [0.29, 0.717) is 11.6 Å². The van der Waals surface area contributed by atoms with Crippen LogP contribution in [0.2, 0.25) is 0 Å². The minimum absolute atomic E-state index is 0.165. The van der Waals surface area contributed by atoms with Crippen LogP contribution < -0.4 is 11.1 Å². The van der Waals surface area contributed by atoms with Gasteiger partial charge in [0.05, 0.1) is 12.1 Å². The van der Waals surface area contributed by atoms with Crippen molar-refractivity contribution in [3.63, 3.8) is 0 Å². The summed E-state index contributed by atoms with van der Waals surface area (Å²) in [6.07, 6.45) is 0. The first kappa shape index (κ1) is 13.9. The Morgan fingerprint density at radius 2 is 2.12 bits per heavy atom. The molecule has 0 fully saturated rings. The minimum Gasteiger partial charge on any atom is -0.389 e. The number of nitrogens with one attached hydrogen (secondary N) is 1. The lowest BCUT2D eigenvalue weighted by atomic mass is 10.0. The van der Waals surface area contributed by atoms with Crippen molar-refractivity contribution in [3.05, 3.63) is 29.3 Å². The highest BCUT2D eigenvalue weighted by molar-refractivity contribution is 7.80. The van der Waals surface area contributed by atoms with Crippen LogP contribution in [-0.4, -0.2) is 24.2 Å². The molecular weight excluding hydrogens is 232 g/mol. The van der Waals surface area contributed by atoms with Gasteiger partial charge < -0.3 is 15.8 Å². The maximum atomic E-state index is 5.72. The second-order valence-corrected chi connectivity index (χ2v) is 5.30. The molecule has 3 N–H and O–H groups in total. The normalized spacial score (nSPS) is 11.3. The molecule has 0 spiro atoms. The van der Waals surface area contributed by atoms with E-state index >= 15 is 0 Å². The van der Waals surface area contributed by atoms with Crippen molar-refractivity contribution < 1.29 is 4.74 Å². The lowest BCUT2D eigenvalue weighted by Crippen LogP contribution is -2.36. The van der Waals surface area contributed by atoms with E-state index in [4.69, 9.17) is 22.7 Å². The first-order valence-electron chi connectivity index (χ1n) is 5.53. The maximum absolute atomic E-state index is 5.72. The summed E-state index contributed by atoms with van der Waals surface area (Å²) in [6.45, 7) is 6.79. The summed E-state index contributed by atoms with van der Waals surface area (Å²) in [5.41, 5.74) is 8.55. The van der Waals surface area contributed by atoms with Crippen molar-refractivity contribution in [2.75, 3.05) is 19.0 Å². The van der Waals surface area contributed by atoms with Gasteiger partial charge in [0.2, 0.25) is 0 Å². The third-order valence-electron chi connectivity index (χ3n) is 2.42. The molecule has 0 saturated heterocycles. The maximum Gasteiger partial charge on any atom is 0.106 e. The van der Waals surface area contributed by atoms with Gasteiger partial charge >= 0.3 is 0 Å². The monoisotopic (exact) mass is 252 g/mol. The van der Waals surface area contributed by atoms with Gasteiger partial charge in [-0.25, -0.2) is 0 Å². The molecule has 0 bridgehead atoms. The fraction of sp³-hybridized carbons (Fsp3) is 0.462. The average Bonchev–Trinajstić information content (AvgIpc) is 2.15. The fourth-order valence-electron chi connectivity index (χ4n) is 1.74. The Morgan fingerprint density at radius 1 is 1.47 bits per heavy atom. The average molecular weight is 252 g/mol. The third-order valence-corrected chi connectivity index (χ3v) is 2.64. The number of hydrogen-bond donors (Lipinski definition) is 2. The van der Waals surface area contributed by atoms with E-state index < -0.39 is 0 Å². The molecule has 94 valence electrons. The van der Waals surface area contributed by atoms with Crippen LogP contribution in [0.25, 0.3) is 0 Å². The molecule has 1 aromatic rings. The number of anilines is 1. The van der Waals surface area contributed by atoms with Crippen molar-refractivity contribution in [2.45, 2.75) is 26.3 Å². The van der Waals surface area contributed by atoms with E-state index in [2.05, 4.69) is 19.2 Å². The quantitative estimate of drug-likeness (QED) is 0.790. The molecule has 0 heterocycles. The second-order valence-electron chi connectivity index (χ2n) is 4.86. The summed E-state index contributed by atoms with van der Waals surface area (Å²) >= 11 is 5.05. The number of hydrogen-bond acceptors (Lipinski definition) is 3. The van der Waals surface area contributed by atoms with Crippen LogP contribution in [0.4, 0.5) is 5.69 Å². The summed E-state index contributed by atoms with van der Waals surface area (Å²) in [6, 6.07) is 6.00. The standard InChI is InChI=1S/C13H20N2OS/c1-9-5-6-10(12(14)17)11(7-9)15-13(2,3)8-16-4/h5-7,15H,8H2,1-4H3,(H2,14,17). The van der Waals surface area contributed by atoms with E-state index in [-0.39, 0.29) is 5.54 Å². The van der Waals surface area contributed by atoms with Crippen molar-refractivity contribution in [2.24, 2.45) is 5.73 Å². The topological polar surface area (TPSA) is 47.3 Å². The lowest BCUT2D eigenvalue weighted by Gasteiger charge is -2.28. The molecule has 17 heavy (non-hydrogen) atoms. The molecule has 4 heteroatoms. The molecule has 0 aliphatic rings. The zero-order valence-corrected chi connectivity index (χ0v) is 11.6. The fourth-order valence-corrected chi connectivity index (χ4v) is 1.92. The van der Waals surface area contributed by atoms with Crippen LogP contribution in [0.15, 0.2) is 18.2 Å². The highest BCUT2D eigenvalue weighted by Crippen LogP contribution is 2.22. The van der Waals surface area contributed by atoms with Gasteiger partial charge in [0.25, 0.3) is 0 Å². The van der Waals surface area contributed by atoms with Gasteiger partial charge in [-0.05, 0) is 38.5 Å². The van der Waals surface area contributed by atoms with Gasteiger partial charge in [0.15, 0.2) is 0 Å². The first-order valence-corrected chi connectivity index (χ1v) is 5.94. The van der Waals surface area contributed by atoms with Crippen molar-refractivity contribution in [3.8, 4) is 0 Å². The third kappa shape index (κ3) is 3.98. The Labute approximate surface area is 108 Å². The molecule has 0 atom stereocenters. The smallest absolute Gasteiger partial charge is 0.106 e. The molecule has 1 rings (SSSR count). The van der Waals surface area contributed by atoms with Crippen molar-refractivity contribution >= 4 is 22.9 Å². The molecule has 0 aromatic heterocycles. The van der Waals surface area contributed by atoms with E-state index in [0.717, 1.165) is 11.3 Å². The predicted molar refractivity (Wildman–Crippen MR) is 76.6 cm³/mol. The summed E-state index contributed by atoms with van der Waals surface area (Å²) in [4.78, 5) is 0.403.